The fraction of sp³-hybridized carbons (Fsp3) is 0.500. The summed E-state index contributed by atoms with van der Waals surface area (Å²) in [5.41, 5.74) is 8.99. The molecule has 1 fully saturated rings. The van der Waals surface area contributed by atoms with E-state index in [-0.39, 0.29) is 0 Å². The Kier molecular flexibility index (Phi) is 3.06. The number of aromatic nitrogens is 2. The molecule has 4 heteroatoms. The summed E-state index contributed by atoms with van der Waals surface area (Å²) in [5, 5.41) is 0. The van der Waals surface area contributed by atoms with Crippen LogP contribution in [0.5, 0.6) is 0 Å². The summed E-state index contributed by atoms with van der Waals surface area (Å²) in [7, 11) is 2.07. The van der Waals surface area contributed by atoms with Crippen molar-refractivity contribution >= 4 is 11.0 Å². The first-order chi connectivity index (χ1) is 8.78. The zero-order chi connectivity index (χ0) is 12.5. The molecular formula is C14H19N3O. The van der Waals surface area contributed by atoms with Gasteiger partial charge in [0.25, 0.3) is 0 Å². The van der Waals surface area contributed by atoms with Gasteiger partial charge in [-0.25, -0.2) is 4.98 Å². The van der Waals surface area contributed by atoms with Crippen LogP contribution in [0.3, 0.4) is 0 Å². The first-order valence-electron chi connectivity index (χ1n) is 6.54. The molecule has 3 rings (SSSR count). The maximum Gasteiger partial charge on any atom is 0.112 e. The van der Waals surface area contributed by atoms with E-state index in [4.69, 9.17) is 15.5 Å². The van der Waals surface area contributed by atoms with Crippen molar-refractivity contribution < 1.29 is 4.74 Å². The number of benzene rings is 1. The molecule has 0 aliphatic carbocycles. The summed E-state index contributed by atoms with van der Waals surface area (Å²) < 4.78 is 7.84. The monoisotopic (exact) mass is 245 g/mol. The van der Waals surface area contributed by atoms with Crippen LogP contribution in [-0.4, -0.2) is 22.3 Å². The predicted molar refractivity (Wildman–Crippen MR) is 71.3 cm³/mol. The Bertz CT molecular complexity index is 555. The summed E-state index contributed by atoms with van der Waals surface area (Å²) in [4.78, 5) is 4.71. The van der Waals surface area contributed by atoms with Gasteiger partial charge in [-0.3, -0.25) is 0 Å². The number of hydrogen-bond acceptors (Lipinski definition) is 3. The van der Waals surface area contributed by atoms with Gasteiger partial charge >= 0.3 is 0 Å². The highest BCUT2D eigenvalue weighted by atomic mass is 16.5. The van der Waals surface area contributed by atoms with Crippen molar-refractivity contribution in [2.45, 2.75) is 31.9 Å². The Balaban J connectivity index is 1.94. The molecule has 2 N–H and O–H groups in total. The van der Waals surface area contributed by atoms with Crippen molar-refractivity contribution in [3.05, 3.63) is 29.6 Å². The standard InChI is InChI=1S/C14H19N3O/c1-17-13-5-4-10(9-15)7-12(13)16-14(17)8-11-3-2-6-18-11/h4-5,7,11H,2-3,6,8-9,15H2,1H3. The van der Waals surface area contributed by atoms with Gasteiger partial charge in [-0.05, 0) is 30.5 Å². The number of imidazole rings is 1. The average molecular weight is 245 g/mol. The Morgan fingerprint density at radius 1 is 1.50 bits per heavy atom. The maximum atomic E-state index is 5.68. The molecule has 1 atom stereocenters. The Labute approximate surface area is 107 Å². The molecule has 0 saturated carbocycles. The summed E-state index contributed by atoms with van der Waals surface area (Å²) in [6.07, 6.45) is 3.57. The van der Waals surface area contributed by atoms with Gasteiger partial charge in [0.2, 0.25) is 0 Å². The van der Waals surface area contributed by atoms with Crippen LogP contribution < -0.4 is 5.73 Å². The number of rotatable bonds is 3. The molecule has 1 aromatic heterocycles. The average Bonchev–Trinajstić information content (AvgIpc) is 2.99. The zero-order valence-electron chi connectivity index (χ0n) is 10.7. The fourth-order valence-electron chi connectivity index (χ4n) is 2.61. The van der Waals surface area contributed by atoms with E-state index in [1.807, 2.05) is 0 Å². The molecule has 1 aromatic carbocycles. The highest BCUT2D eigenvalue weighted by Gasteiger charge is 2.19. The van der Waals surface area contributed by atoms with Crippen LogP contribution >= 0.6 is 0 Å². The molecule has 1 saturated heterocycles. The number of fused-ring (bicyclic) bond motifs is 1. The lowest BCUT2D eigenvalue weighted by molar-refractivity contribution is 0.109. The van der Waals surface area contributed by atoms with Crippen molar-refractivity contribution in [2.75, 3.05) is 6.61 Å². The molecular weight excluding hydrogens is 226 g/mol. The molecule has 1 aliphatic rings. The van der Waals surface area contributed by atoms with E-state index in [1.54, 1.807) is 0 Å². The normalized spacial score (nSPS) is 19.8. The van der Waals surface area contributed by atoms with E-state index in [0.29, 0.717) is 12.6 Å². The predicted octanol–water partition coefficient (Wildman–Crippen LogP) is 1.75. The fourth-order valence-corrected chi connectivity index (χ4v) is 2.61. The molecule has 1 aliphatic heterocycles. The zero-order valence-corrected chi connectivity index (χ0v) is 10.7. The second-order valence-corrected chi connectivity index (χ2v) is 4.95. The highest BCUT2D eigenvalue weighted by molar-refractivity contribution is 5.76. The molecule has 4 nitrogen and oxygen atoms in total. The number of nitrogens with zero attached hydrogens (tertiary/aromatic N) is 2. The first-order valence-corrected chi connectivity index (χ1v) is 6.54. The Morgan fingerprint density at radius 3 is 3.11 bits per heavy atom. The van der Waals surface area contributed by atoms with Crippen molar-refractivity contribution in [1.29, 1.82) is 0 Å². The third-order valence-electron chi connectivity index (χ3n) is 3.71. The van der Waals surface area contributed by atoms with Gasteiger partial charge in [-0.15, -0.1) is 0 Å². The number of ether oxygens (including phenoxy) is 1. The number of hydrogen-bond donors (Lipinski definition) is 1. The van der Waals surface area contributed by atoms with Crippen LogP contribution in [-0.2, 0) is 24.8 Å². The van der Waals surface area contributed by atoms with E-state index in [0.717, 1.165) is 36.4 Å². The van der Waals surface area contributed by atoms with Gasteiger partial charge in [0.05, 0.1) is 17.1 Å². The molecule has 2 heterocycles. The molecule has 0 spiro atoms. The third-order valence-corrected chi connectivity index (χ3v) is 3.71. The third kappa shape index (κ3) is 2.02. The summed E-state index contributed by atoms with van der Waals surface area (Å²) in [6, 6.07) is 6.25. The molecule has 1 unspecified atom stereocenters. The summed E-state index contributed by atoms with van der Waals surface area (Å²) in [5.74, 6) is 1.10. The van der Waals surface area contributed by atoms with Crippen molar-refractivity contribution in [3.63, 3.8) is 0 Å². The second-order valence-electron chi connectivity index (χ2n) is 4.95. The topological polar surface area (TPSA) is 53.1 Å². The first kappa shape index (κ1) is 11.7. The molecule has 0 radical (unpaired) electrons. The quantitative estimate of drug-likeness (QED) is 0.896. The lowest BCUT2D eigenvalue weighted by Gasteiger charge is -2.08. The van der Waals surface area contributed by atoms with Crippen molar-refractivity contribution in [3.8, 4) is 0 Å². The second kappa shape index (κ2) is 4.71. The molecule has 0 bridgehead atoms. The van der Waals surface area contributed by atoms with Gasteiger partial charge in [-0.2, -0.15) is 0 Å². The minimum absolute atomic E-state index is 0.342. The molecule has 2 aromatic rings. The molecule has 0 amide bonds. The number of aryl methyl sites for hydroxylation is 1. The SMILES string of the molecule is Cn1c(CC2CCCO2)nc2cc(CN)ccc21. The summed E-state index contributed by atoms with van der Waals surface area (Å²) in [6.45, 7) is 1.46. The van der Waals surface area contributed by atoms with E-state index < -0.39 is 0 Å². The van der Waals surface area contributed by atoms with Crippen LogP contribution in [0.25, 0.3) is 11.0 Å². The van der Waals surface area contributed by atoms with Gasteiger partial charge in [0, 0.05) is 26.6 Å². The minimum Gasteiger partial charge on any atom is -0.378 e. The number of nitrogens with two attached hydrogens (primary N) is 1. The molecule has 18 heavy (non-hydrogen) atoms. The maximum absolute atomic E-state index is 5.68. The Morgan fingerprint density at radius 2 is 2.39 bits per heavy atom. The van der Waals surface area contributed by atoms with Crippen molar-refractivity contribution in [1.82, 2.24) is 9.55 Å². The van der Waals surface area contributed by atoms with Gasteiger partial charge in [-0.1, -0.05) is 6.07 Å². The lowest BCUT2D eigenvalue weighted by Crippen LogP contribution is -2.12. The molecule has 96 valence electrons. The van der Waals surface area contributed by atoms with Gasteiger partial charge in [0.15, 0.2) is 0 Å². The highest BCUT2D eigenvalue weighted by Crippen LogP contribution is 2.21. The van der Waals surface area contributed by atoms with E-state index in [2.05, 4.69) is 29.8 Å². The van der Waals surface area contributed by atoms with E-state index in [9.17, 15) is 0 Å². The smallest absolute Gasteiger partial charge is 0.112 e. The largest absolute Gasteiger partial charge is 0.378 e. The van der Waals surface area contributed by atoms with Gasteiger partial charge < -0.3 is 15.0 Å². The van der Waals surface area contributed by atoms with E-state index in [1.165, 1.54) is 11.9 Å². The van der Waals surface area contributed by atoms with Crippen LogP contribution in [0.15, 0.2) is 18.2 Å². The van der Waals surface area contributed by atoms with Crippen LogP contribution in [0, 0.1) is 0 Å². The Hall–Kier alpha value is -1.39. The minimum atomic E-state index is 0.342. The van der Waals surface area contributed by atoms with Gasteiger partial charge in [0.1, 0.15) is 5.82 Å². The van der Waals surface area contributed by atoms with Crippen molar-refractivity contribution in [2.24, 2.45) is 12.8 Å². The van der Waals surface area contributed by atoms with Crippen LogP contribution in [0.2, 0.25) is 0 Å². The van der Waals surface area contributed by atoms with Crippen LogP contribution in [0.1, 0.15) is 24.2 Å². The summed E-state index contributed by atoms with van der Waals surface area (Å²) >= 11 is 0. The van der Waals surface area contributed by atoms with Crippen LogP contribution in [0.4, 0.5) is 0 Å². The lowest BCUT2D eigenvalue weighted by atomic mass is 10.2. The van der Waals surface area contributed by atoms with E-state index >= 15 is 0 Å².